The van der Waals surface area contributed by atoms with E-state index < -0.39 is 0 Å². The van der Waals surface area contributed by atoms with Gasteiger partial charge in [-0.1, -0.05) is 19.9 Å². The molecule has 0 spiro atoms. The van der Waals surface area contributed by atoms with Crippen LogP contribution in [0.25, 0.3) is 0 Å². The lowest BCUT2D eigenvalue weighted by atomic mass is 10.2. The van der Waals surface area contributed by atoms with Crippen LogP contribution >= 0.6 is 0 Å². The molecular weight excluding hydrogens is 205 g/mol. The number of hydrogen-bond donors (Lipinski definition) is 1. The Bertz CT molecular complexity index is 328. The summed E-state index contributed by atoms with van der Waals surface area (Å²) in [6, 6.07) is 4.92. The van der Waals surface area contributed by atoms with Crippen molar-refractivity contribution in [3.63, 3.8) is 0 Å². The largest absolute Gasteiger partial charge is 0.490 e. The van der Waals surface area contributed by atoms with Crippen LogP contribution in [0.2, 0.25) is 0 Å². The van der Waals surface area contributed by atoms with Gasteiger partial charge in [0.2, 0.25) is 0 Å². The first-order valence-corrected chi connectivity index (χ1v) is 5.73. The first-order valence-electron chi connectivity index (χ1n) is 5.73. The van der Waals surface area contributed by atoms with Gasteiger partial charge in [0.15, 0.2) is 11.6 Å². The van der Waals surface area contributed by atoms with E-state index in [2.05, 4.69) is 19.2 Å². The van der Waals surface area contributed by atoms with Crippen molar-refractivity contribution in [2.45, 2.75) is 20.8 Å². The number of rotatable bonds is 6. The first kappa shape index (κ1) is 13.0. The van der Waals surface area contributed by atoms with Crippen LogP contribution in [-0.4, -0.2) is 19.7 Å². The smallest absolute Gasteiger partial charge is 0.165 e. The third kappa shape index (κ3) is 4.19. The molecule has 0 aliphatic heterocycles. The molecule has 90 valence electrons. The highest BCUT2D eigenvalue weighted by molar-refractivity contribution is 5.29. The molecule has 3 heteroatoms. The standard InChI is InChI=1S/C13H20FNO/c1-4-15-8-11(3)9-16-13-7-10(2)5-6-12(13)14/h5-7,11,15H,4,8-9H2,1-3H3. The van der Waals surface area contributed by atoms with Crippen molar-refractivity contribution in [3.8, 4) is 5.75 Å². The van der Waals surface area contributed by atoms with Gasteiger partial charge in [-0.05, 0) is 31.2 Å². The third-order valence-corrected chi connectivity index (χ3v) is 2.35. The fourth-order valence-electron chi connectivity index (χ4n) is 1.40. The number of ether oxygens (including phenoxy) is 1. The maximum absolute atomic E-state index is 13.3. The highest BCUT2D eigenvalue weighted by atomic mass is 19.1. The molecule has 0 radical (unpaired) electrons. The van der Waals surface area contributed by atoms with Gasteiger partial charge in [0.1, 0.15) is 0 Å². The van der Waals surface area contributed by atoms with Gasteiger partial charge in [-0.15, -0.1) is 0 Å². The SMILES string of the molecule is CCNCC(C)COc1cc(C)ccc1F. The normalized spacial score (nSPS) is 12.5. The monoisotopic (exact) mass is 225 g/mol. The quantitative estimate of drug-likeness (QED) is 0.803. The van der Waals surface area contributed by atoms with Crippen LogP contribution in [0.5, 0.6) is 5.75 Å². The molecule has 0 saturated carbocycles. The van der Waals surface area contributed by atoms with E-state index in [9.17, 15) is 4.39 Å². The van der Waals surface area contributed by atoms with Gasteiger partial charge < -0.3 is 10.1 Å². The van der Waals surface area contributed by atoms with Crippen LogP contribution in [0.15, 0.2) is 18.2 Å². The van der Waals surface area contributed by atoms with E-state index in [1.54, 1.807) is 12.1 Å². The fraction of sp³-hybridized carbons (Fsp3) is 0.538. The third-order valence-electron chi connectivity index (χ3n) is 2.35. The van der Waals surface area contributed by atoms with Crippen molar-refractivity contribution in [2.24, 2.45) is 5.92 Å². The van der Waals surface area contributed by atoms with E-state index >= 15 is 0 Å². The minimum absolute atomic E-state index is 0.291. The zero-order chi connectivity index (χ0) is 12.0. The molecule has 16 heavy (non-hydrogen) atoms. The summed E-state index contributed by atoms with van der Waals surface area (Å²) in [6.45, 7) is 8.44. The Hall–Kier alpha value is -1.09. The van der Waals surface area contributed by atoms with E-state index in [-0.39, 0.29) is 5.82 Å². The van der Waals surface area contributed by atoms with Crippen molar-refractivity contribution in [2.75, 3.05) is 19.7 Å². The number of nitrogens with one attached hydrogen (secondary N) is 1. The Kier molecular flexibility index (Phi) is 5.26. The van der Waals surface area contributed by atoms with E-state index in [0.29, 0.717) is 18.3 Å². The van der Waals surface area contributed by atoms with Crippen molar-refractivity contribution >= 4 is 0 Å². The second kappa shape index (κ2) is 6.48. The molecule has 0 aliphatic rings. The molecule has 2 nitrogen and oxygen atoms in total. The van der Waals surface area contributed by atoms with Crippen LogP contribution in [0.1, 0.15) is 19.4 Å². The number of aryl methyl sites for hydroxylation is 1. The summed E-state index contributed by atoms with van der Waals surface area (Å²) >= 11 is 0. The molecule has 0 bridgehead atoms. The van der Waals surface area contributed by atoms with Crippen LogP contribution in [0, 0.1) is 18.7 Å². The molecule has 1 unspecified atom stereocenters. The Morgan fingerprint density at radius 1 is 1.44 bits per heavy atom. The molecule has 0 fully saturated rings. The summed E-state index contributed by atoms with van der Waals surface area (Å²) in [7, 11) is 0. The summed E-state index contributed by atoms with van der Waals surface area (Å²) < 4.78 is 18.8. The second-order valence-corrected chi connectivity index (χ2v) is 4.16. The summed E-state index contributed by atoms with van der Waals surface area (Å²) in [5.74, 6) is 0.435. The van der Waals surface area contributed by atoms with E-state index in [1.165, 1.54) is 6.07 Å². The van der Waals surface area contributed by atoms with Crippen molar-refractivity contribution in [1.82, 2.24) is 5.32 Å². The maximum atomic E-state index is 13.3. The zero-order valence-corrected chi connectivity index (χ0v) is 10.2. The lowest BCUT2D eigenvalue weighted by Gasteiger charge is -2.14. The summed E-state index contributed by atoms with van der Waals surface area (Å²) in [5, 5.41) is 3.24. The van der Waals surface area contributed by atoms with E-state index in [1.807, 2.05) is 6.92 Å². The van der Waals surface area contributed by atoms with Gasteiger partial charge in [-0.2, -0.15) is 0 Å². The lowest BCUT2D eigenvalue weighted by molar-refractivity contribution is 0.246. The molecule has 0 aliphatic carbocycles. The van der Waals surface area contributed by atoms with Gasteiger partial charge in [-0.25, -0.2) is 4.39 Å². The van der Waals surface area contributed by atoms with Gasteiger partial charge in [0, 0.05) is 12.5 Å². The predicted octanol–water partition coefficient (Wildman–Crippen LogP) is 2.76. The Labute approximate surface area is 96.8 Å². The van der Waals surface area contributed by atoms with Crippen molar-refractivity contribution in [1.29, 1.82) is 0 Å². The maximum Gasteiger partial charge on any atom is 0.165 e. The number of halogens is 1. The molecule has 1 aromatic carbocycles. The van der Waals surface area contributed by atoms with Gasteiger partial charge >= 0.3 is 0 Å². The molecule has 1 atom stereocenters. The molecule has 1 rings (SSSR count). The summed E-state index contributed by atoms with van der Waals surface area (Å²) in [4.78, 5) is 0. The second-order valence-electron chi connectivity index (χ2n) is 4.16. The number of hydrogen-bond acceptors (Lipinski definition) is 2. The van der Waals surface area contributed by atoms with Crippen LogP contribution in [-0.2, 0) is 0 Å². The predicted molar refractivity (Wildman–Crippen MR) is 64.3 cm³/mol. The average molecular weight is 225 g/mol. The molecule has 0 amide bonds. The highest BCUT2D eigenvalue weighted by Crippen LogP contribution is 2.18. The highest BCUT2D eigenvalue weighted by Gasteiger charge is 2.06. The van der Waals surface area contributed by atoms with Gasteiger partial charge in [0.25, 0.3) is 0 Å². The summed E-state index contributed by atoms with van der Waals surface area (Å²) in [6.07, 6.45) is 0. The Balaban J connectivity index is 2.44. The Morgan fingerprint density at radius 3 is 2.88 bits per heavy atom. The fourth-order valence-corrected chi connectivity index (χ4v) is 1.40. The molecule has 1 N–H and O–H groups in total. The summed E-state index contributed by atoms with van der Waals surface area (Å²) in [5.41, 5.74) is 1.01. The zero-order valence-electron chi connectivity index (χ0n) is 10.2. The molecule has 0 heterocycles. The van der Waals surface area contributed by atoms with Gasteiger partial charge in [-0.3, -0.25) is 0 Å². The van der Waals surface area contributed by atoms with Crippen molar-refractivity contribution in [3.05, 3.63) is 29.6 Å². The topological polar surface area (TPSA) is 21.3 Å². The molecule has 1 aromatic rings. The lowest BCUT2D eigenvalue weighted by Crippen LogP contribution is -2.24. The first-order chi connectivity index (χ1) is 7.63. The number of benzene rings is 1. The molecule has 0 saturated heterocycles. The average Bonchev–Trinajstić information content (AvgIpc) is 2.27. The van der Waals surface area contributed by atoms with E-state index in [0.717, 1.165) is 18.7 Å². The van der Waals surface area contributed by atoms with Crippen LogP contribution in [0.3, 0.4) is 0 Å². The molecule has 0 aromatic heterocycles. The Morgan fingerprint density at radius 2 is 2.19 bits per heavy atom. The van der Waals surface area contributed by atoms with Gasteiger partial charge in [0.05, 0.1) is 6.61 Å². The minimum Gasteiger partial charge on any atom is -0.490 e. The molecular formula is C13H20FNO. The van der Waals surface area contributed by atoms with E-state index in [4.69, 9.17) is 4.74 Å². The van der Waals surface area contributed by atoms with Crippen molar-refractivity contribution < 1.29 is 9.13 Å². The minimum atomic E-state index is -0.291. The van der Waals surface area contributed by atoms with Crippen LogP contribution < -0.4 is 10.1 Å². The van der Waals surface area contributed by atoms with Crippen LogP contribution in [0.4, 0.5) is 4.39 Å².